The quantitative estimate of drug-likeness (QED) is 0.519. The highest BCUT2D eigenvalue weighted by molar-refractivity contribution is 4.60. The van der Waals surface area contributed by atoms with Gasteiger partial charge in [-0.3, -0.25) is 0 Å². The van der Waals surface area contributed by atoms with Gasteiger partial charge >= 0.3 is 0 Å². The maximum Gasteiger partial charge on any atom is 0.0434 e. The molecule has 0 fully saturated rings. The molecule has 0 heterocycles. The van der Waals surface area contributed by atoms with Crippen molar-refractivity contribution in [1.82, 2.24) is 5.32 Å². The van der Waals surface area contributed by atoms with E-state index in [9.17, 15) is 0 Å². The van der Waals surface area contributed by atoms with Gasteiger partial charge in [0.2, 0.25) is 0 Å². The molecule has 0 spiro atoms. The molecule has 0 aliphatic rings. The lowest BCUT2D eigenvalue weighted by Gasteiger charge is -2.14. The van der Waals surface area contributed by atoms with E-state index in [-0.39, 0.29) is 0 Å². The first-order valence-corrected chi connectivity index (χ1v) is 6.66. The molecule has 0 bridgehead atoms. The van der Waals surface area contributed by atoms with E-state index in [2.05, 4.69) is 19.2 Å². The largest absolute Gasteiger partial charge is 0.396 e. The van der Waals surface area contributed by atoms with Gasteiger partial charge in [-0.25, -0.2) is 0 Å². The highest BCUT2D eigenvalue weighted by Gasteiger charge is 2.03. The molecule has 2 nitrogen and oxygen atoms in total. The van der Waals surface area contributed by atoms with Gasteiger partial charge < -0.3 is 10.4 Å². The lowest BCUT2D eigenvalue weighted by molar-refractivity contribution is 0.251. The number of hydrogen-bond donors (Lipinski definition) is 2. The highest BCUT2D eigenvalue weighted by Crippen LogP contribution is 2.06. The van der Waals surface area contributed by atoms with E-state index < -0.39 is 0 Å². The molecule has 0 saturated carbocycles. The predicted octanol–water partition coefficient (Wildman–Crippen LogP) is 2.96. The zero-order chi connectivity index (χ0) is 11.4. The van der Waals surface area contributed by atoms with Crippen molar-refractivity contribution in [3.05, 3.63) is 0 Å². The van der Waals surface area contributed by atoms with Gasteiger partial charge in [-0.2, -0.15) is 0 Å². The molecule has 0 aromatic rings. The van der Waals surface area contributed by atoms with Gasteiger partial charge in [0.05, 0.1) is 0 Å². The fourth-order valence-electron chi connectivity index (χ4n) is 1.79. The standard InChI is InChI=1S/C13H29NO/c1-3-5-6-7-8-10-14-12-13(4-2)9-11-15/h13-15H,3-12H2,1-2H3. The summed E-state index contributed by atoms with van der Waals surface area (Å²) < 4.78 is 0. The van der Waals surface area contributed by atoms with Crippen molar-refractivity contribution in [1.29, 1.82) is 0 Å². The van der Waals surface area contributed by atoms with Crippen LogP contribution in [0.3, 0.4) is 0 Å². The van der Waals surface area contributed by atoms with Gasteiger partial charge in [0.1, 0.15) is 0 Å². The van der Waals surface area contributed by atoms with Crippen LogP contribution < -0.4 is 5.32 Å². The molecular weight excluding hydrogens is 186 g/mol. The van der Waals surface area contributed by atoms with Crippen LogP contribution in [0.15, 0.2) is 0 Å². The van der Waals surface area contributed by atoms with E-state index in [1.54, 1.807) is 0 Å². The van der Waals surface area contributed by atoms with Crippen molar-refractivity contribution in [2.24, 2.45) is 5.92 Å². The minimum absolute atomic E-state index is 0.330. The third-order valence-electron chi connectivity index (χ3n) is 3.00. The Hall–Kier alpha value is -0.0800. The van der Waals surface area contributed by atoms with E-state index in [1.165, 1.54) is 38.5 Å². The second-order valence-corrected chi connectivity index (χ2v) is 4.40. The Balaban J connectivity index is 3.14. The Labute approximate surface area is 95.5 Å². The van der Waals surface area contributed by atoms with Crippen LogP contribution in [0.25, 0.3) is 0 Å². The number of rotatable bonds is 11. The van der Waals surface area contributed by atoms with Crippen LogP contribution in [0.1, 0.15) is 58.8 Å². The van der Waals surface area contributed by atoms with Crippen LogP contribution in [0.5, 0.6) is 0 Å². The molecule has 0 saturated heterocycles. The van der Waals surface area contributed by atoms with Crippen molar-refractivity contribution in [3.8, 4) is 0 Å². The second kappa shape index (κ2) is 12.0. The Bertz CT molecular complexity index is 117. The van der Waals surface area contributed by atoms with E-state index in [4.69, 9.17) is 5.11 Å². The Kier molecular flexibility index (Phi) is 11.9. The van der Waals surface area contributed by atoms with Gasteiger partial charge in [-0.1, -0.05) is 46.0 Å². The van der Waals surface area contributed by atoms with Crippen LogP contribution in [0.2, 0.25) is 0 Å². The molecule has 0 aliphatic carbocycles. The zero-order valence-electron chi connectivity index (χ0n) is 10.6. The monoisotopic (exact) mass is 215 g/mol. The van der Waals surface area contributed by atoms with Gasteiger partial charge in [0.15, 0.2) is 0 Å². The molecular formula is C13H29NO. The highest BCUT2D eigenvalue weighted by atomic mass is 16.3. The minimum Gasteiger partial charge on any atom is -0.396 e. The van der Waals surface area contributed by atoms with Crippen molar-refractivity contribution < 1.29 is 5.11 Å². The maximum atomic E-state index is 8.84. The van der Waals surface area contributed by atoms with Crippen molar-refractivity contribution >= 4 is 0 Å². The molecule has 0 rings (SSSR count). The van der Waals surface area contributed by atoms with Crippen LogP contribution in [-0.4, -0.2) is 24.8 Å². The number of aliphatic hydroxyl groups is 1. The Morgan fingerprint density at radius 2 is 1.80 bits per heavy atom. The fraction of sp³-hybridized carbons (Fsp3) is 1.00. The third kappa shape index (κ3) is 10.2. The number of aliphatic hydroxyl groups excluding tert-OH is 1. The molecule has 1 atom stereocenters. The first kappa shape index (κ1) is 14.9. The third-order valence-corrected chi connectivity index (χ3v) is 3.00. The summed E-state index contributed by atoms with van der Waals surface area (Å²) >= 11 is 0. The molecule has 2 heteroatoms. The number of unbranched alkanes of at least 4 members (excludes halogenated alkanes) is 4. The smallest absolute Gasteiger partial charge is 0.0434 e. The maximum absolute atomic E-state index is 8.84. The molecule has 0 aromatic carbocycles. The van der Waals surface area contributed by atoms with Crippen LogP contribution in [0, 0.1) is 5.92 Å². The number of hydrogen-bond acceptors (Lipinski definition) is 2. The summed E-state index contributed by atoms with van der Waals surface area (Å²) in [6.07, 6.45) is 8.85. The SMILES string of the molecule is CCCCCCCNCC(CC)CCO. The van der Waals surface area contributed by atoms with E-state index in [0.717, 1.165) is 19.5 Å². The second-order valence-electron chi connectivity index (χ2n) is 4.40. The lowest BCUT2D eigenvalue weighted by atomic mass is 10.0. The van der Waals surface area contributed by atoms with E-state index in [0.29, 0.717) is 12.5 Å². The molecule has 0 aromatic heterocycles. The molecule has 0 amide bonds. The van der Waals surface area contributed by atoms with E-state index in [1.807, 2.05) is 0 Å². The normalized spacial score (nSPS) is 13.0. The van der Waals surface area contributed by atoms with Gasteiger partial charge in [-0.15, -0.1) is 0 Å². The summed E-state index contributed by atoms with van der Waals surface area (Å²) in [5, 5.41) is 12.3. The summed E-state index contributed by atoms with van der Waals surface area (Å²) in [4.78, 5) is 0. The van der Waals surface area contributed by atoms with E-state index >= 15 is 0 Å². The summed E-state index contributed by atoms with van der Waals surface area (Å²) in [5.74, 6) is 0.658. The summed E-state index contributed by atoms with van der Waals surface area (Å²) in [7, 11) is 0. The van der Waals surface area contributed by atoms with Crippen LogP contribution in [0.4, 0.5) is 0 Å². The fourth-order valence-corrected chi connectivity index (χ4v) is 1.79. The van der Waals surface area contributed by atoms with Crippen molar-refractivity contribution in [2.45, 2.75) is 58.8 Å². The summed E-state index contributed by atoms with van der Waals surface area (Å²) in [6, 6.07) is 0. The van der Waals surface area contributed by atoms with Crippen molar-refractivity contribution in [3.63, 3.8) is 0 Å². The molecule has 0 aliphatic heterocycles. The first-order chi connectivity index (χ1) is 7.35. The average molecular weight is 215 g/mol. The molecule has 0 radical (unpaired) electrons. The van der Waals surface area contributed by atoms with Gasteiger partial charge in [0, 0.05) is 6.61 Å². The summed E-state index contributed by atoms with van der Waals surface area (Å²) in [5.41, 5.74) is 0. The van der Waals surface area contributed by atoms with Crippen molar-refractivity contribution in [2.75, 3.05) is 19.7 Å². The Morgan fingerprint density at radius 1 is 1.07 bits per heavy atom. The predicted molar refractivity (Wildman–Crippen MR) is 67.1 cm³/mol. The molecule has 92 valence electrons. The molecule has 15 heavy (non-hydrogen) atoms. The van der Waals surface area contributed by atoms with Crippen LogP contribution >= 0.6 is 0 Å². The summed E-state index contributed by atoms with van der Waals surface area (Å²) in [6.45, 7) is 7.00. The number of nitrogens with one attached hydrogen (secondary N) is 1. The molecule has 2 N–H and O–H groups in total. The topological polar surface area (TPSA) is 32.3 Å². The van der Waals surface area contributed by atoms with Crippen LogP contribution in [-0.2, 0) is 0 Å². The average Bonchev–Trinajstić information content (AvgIpc) is 2.26. The lowest BCUT2D eigenvalue weighted by Crippen LogP contribution is -2.24. The van der Waals surface area contributed by atoms with Gasteiger partial charge in [0.25, 0.3) is 0 Å². The first-order valence-electron chi connectivity index (χ1n) is 6.66. The molecule has 1 unspecified atom stereocenters. The zero-order valence-corrected chi connectivity index (χ0v) is 10.6. The Morgan fingerprint density at radius 3 is 2.40 bits per heavy atom. The van der Waals surface area contributed by atoms with Gasteiger partial charge in [-0.05, 0) is 31.8 Å². The minimum atomic E-state index is 0.330.